The fraction of sp³-hybridized carbons (Fsp3) is 0.429. The van der Waals surface area contributed by atoms with Crippen molar-refractivity contribution in [3.8, 4) is 0 Å². The number of methoxy groups -OCH3 is 1. The minimum atomic E-state index is -0.473. The molecule has 0 aromatic heterocycles. The number of hydrogen-bond acceptors (Lipinski definition) is 6. The van der Waals surface area contributed by atoms with E-state index in [9.17, 15) is 9.59 Å². The van der Waals surface area contributed by atoms with Crippen LogP contribution in [0.15, 0.2) is 18.2 Å². The van der Waals surface area contributed by atoms with Crippen molar-refractivity contribution in [1.29, 1.82) is 0 Å². The predicted molar refractivity (Wildman–Crippen MR) is 78.2 cm³/mol. The standard InChI is InChI=1S/C14H19N3O4/c1-16-13(18)12-8-21-6-5-17(12)11-7-9(14(19)20-2)3-4-10(11)15/h3-4,7,12H,5-6,8,15H2,1-2H3,(H,16,18). The first kappa shape index (κ1) is 15.1. The van der Waals surface area contributed by atoms with Gasteiger partial charge in [-0.05, 0) is 18.2 Å². The SMILES string of the molecule is CNC(=O)C1COCCN1c1cc(C(=O)OC)ccc1N. The van der Waals surface area contributed by atoms with Crippen LogP contribution < -0.4 is 16.0 Å². The molecule has 0 spiro atoms. The fourth-order valence-corrected chi connectivity index (χ4v) is 2.31. The van der Waals surface area contributed by atoms with Crippen molar-refractivity contribution in [3.05, 3.63) is 23.8 Å². The number of rotatable bonds is 3. The van der Waals surface area contributed by atoms with Crippen molar-refractivity contribution in [2.45, 2.75) is 6.04 Å². The number of amides is 1. The van der Waals surface area contributed by atoms with Gasteiger partial charge in [0.2, 0.25) is 5.91 Å². The second-order valence-electron chi connectivity index (χ2n) is 4.66. The number of morpholine rings is 1. The van der Waals surface area contributed by atoms with E-state index in [-0.39, 0.29) is 12.5 Å². The van der Waals surface area contributed by atoms with Crippen LogP contribution in [0.3, 0.4) is 0 Å². The van der Waals surface area contributed by atoms with E-state index in [1.165, 1.54) is 7.11 Å². The molecule has 21 heavy (non-hydrogen) atoms. The Morgan fingerprint density at radius 1 is 1.48 bits per heavy atom. The van der Waals surface area contributed by atoms with Gasteiger partial charge in [0.25, 0.3) is 0 Å². The van der Waals surface area contributed by atoms with E-state index >= 15 is 0 Å². The van der Waals surface area contributed by atoms with Gasteiger partial charge < -0.3 is 25.4 Å². The third kappa shape index (κ3) is 3.08. The van der Waals surface area contributed by atoms with Crippen LogP contribution in [0.5, 0.6) is 0 Å². The molecular weight excluding hydrogens is 274 g/mol. The molecule has 1 aliphatic heterocycles. The number of anilines is 2. The Kier molecular flexibility index (Phi) is 4.64. The van der Waals surface area contributed by atoms with E-state index < -0.39 is 12.0 Å². The summed E-state index contributed by atoms with van der Waals surface area (Å²) in [5.41, 5.74) is 7.52. The van der Waals surface area contributed by atoms with Crippen molar-refractivity contribution in [1.82, 2.24) is 5.32 Å². The number of carbonyl (C=O) groups excluding carboxylic acids is 2. The van der Waals surface area contributed by atoms with Crippen LogP contribution in [-0.2, 0) is 14.3 Å². The Bertz CT molecular complexity index is 547. The third-order valence-electron chi connectivity index (χ3n) is 3.44. The molecule has 1 aromatic carbocycles. The van der Waals surface area contributed by atoms with Crippen molar-refractivity contribution >= 4 is 23.3 Å². The highest BCUT2D eigenvalue weighted by molar-refractivity contribution is 5.93. The minimum Gasteiger partial charge on any atom is -0.465 e. The maximum absolute atomic E-state index is 12.0. The number of carbonyl (C=O) groups is 2. The molecule has 1 atom stereocenters. The first-order valence-electron chi connectivity index (χ1n) is 6.62. The van der Waals surface area contributed by atoms with Crippen LogP contribution in [0.25, 0.3) is 0 Å². The van der Waals surface area contributed by atoms with Gasteiger partial charge in [0, 0.05) is 13.6 Å². The molecule has 1 saturated heterocycles. The van der Waals surface area contributed by atoms with Crippen molar-refractivity contribution in [3.63, 3.8) is 0 Å². The summed E-state index contributed by atoms with van der Waals surface area (Å²) in [4.78, 5) is 25.5. The third-order valence-corrected chi connectivity index (χ3v) is 3.44. The largest absolute Gasteiger partial charge is 0.465 e. The lowest BCUT2D eigenvalue weighted by Crippen LogP contribution is -2.53. The van der Waals surface area contributed by atoms with Crippen LogP contribution in [0, 0.1) is 0 Å². The van der Waals surface area contributed by atoms with Gasteiger partial charge in [0.15, 0.2) is 0 Å². The van der Waals surface area contributed by atoms with Crippen molar-refractivity contribution in [2.75, 3.05) is 44.5 Å². The molecule has 0 radical (unpaired) electrons. The molecule has 1 amide bonds. The number of ether oxygens (including phenoxy) is 2. The van der Waals surface area contributed by atoms with E-state index in [0.29, 0.717) is 30.1 Å². The molecule has 7 nitrogen and oxygen atoms in total. The average molecular weight is 293 g/mol. The molecule has 1 heterocycles. The number of benzene rings is 1. The van der Waals surface area contributed by atoms with Crippen molar-refractivity contribution in [2.24, 2.45) is 0 Å². The summed E-state index contributed by atoms with van der Waals surface area (Å²) in [6.07, 6.45) is 0. The summed E-state index contributed by atoms with van der Waals surface area (Å²) in [5.74, 6) is -0.599. The second-order valence-corrected chi connectivity index (χ2v) is 4.66. The topological polar surface area (TPSA) is 93.9 Å². The Labute approximate surface area is 123 Å². The molecule has 0 aliphatic carbocycles. The molecule has 114 valence electrons. The Hall–Kier alpha value is -2.28. The zero-order valence-corrected chi connectivity index (χ0v) is 12.1. The maximum Gasteiger partial charge on any atom is 0.337 e. The molecule has 0 saturated carbocycles. The molecule has 0 bridgehead atoms. The summed E-state index contributed by atoms with van der Waals surface area (Å²) < 4.78 is 10.1. The smallest absolute Gasteiger partial charge is 0.337 e. The number of nitrogen functional groups attached to an aromatic ring is 1. The number of nitrogens with zero attached hydrogens (tertiary/aromatic N) is 1. The molecule has 1 aliphatic rings. The normalized spacial score (nSPS) is 18.2. The van der Waals surface area contributed by atoms with E-state index in [0.717, 1.165) is 0 Å². The maximum atomic E-state index is 12.0. The number of nitrogens with one attached hydrogen (secondary N) is 1. The average Bonchev–Trinajstić information content (AvgIpc) is 2.53. The summed E-state index contributed by atoms with van der Waals surface area (Å²) in [7, 11) is 2.89. The second kappa shape index (κ2) is 6.45. The van der Waals surface area contributed by atoms with Gasteiger partial charge in [-0.1, -0.05) is 0 Å². The number of hydrogen-bond donors (Lipinski definition) is 2. The number of likely N-dealkylation sites (N-methyl/N-ethyl adjacent to an activating group) is 1. The van der Waals surface area contributed by atoms with Gasteiger partial charge in [-0.15, -0.1) is 0 Å². The van der Waals surface area contributed by atoms with Crippen LogP contribution in [-0.4, -0.2) is 51.8 Å². The summed E-state index contributed by atoms with van der Waals surface area (Å²) in [5, 5.41) is 2.61. The number of esters is 1. The summed E-state index contributed by atoms with van der Waals surface area (Å²) in [6.45, 7) is 1.30. The van der Waals surface area contributed by atoms with Gasteiger partial charge in [0.05, 0.1) is 37.3 Å². The van der Waals surface area contributed by atoms with E-state index in [1.807, 2.05) is 4.90 Å². The first-order chi connectivity index (χ1) is 10.1. The fourth-order valence-electron chi connectivity index (χ4n) is 2.31. The molecule has 2 rings (SSSR count). The molecule has 1 aromatic rings. The summed E-state index contributed by atoms with van der Waals surface area (Å²) in [6, 6.07) is 4.40. The molecular formula is C14H19N3O4. The lowest BCUT2D eigenvalue weighted by atomic mass is 10.1. The summed E-state index contributed by atoms with van der Waals surface area (Å²) >= 11 is 0. The van der Waals surface area contributed by atoms with Gasteiger partial charge in [0.1, 0.15) is 6.04 Å². The van der Waals surface area contributed by atoms with Gasteiger partial charge in [-0.2, -0.15) is 0 Å². The van der Waals surface area contributed by atoms with Crippen LogP contribution in [0.4, 0.5) is 11.4 Å². The van der Waals surface area contributed by atoms with E-state index in [4.69, 9.17) is 15.2 Å². The molecule has 7 heteroatoms. The number of nitrogens with two attached hydrogens (primary N) is 1. The predicted octanol–water partition coefficient (Wildman–Crippen LogP) is 0.00660. The van der Waals surface area contributed by atoms with Gasteiger partial charge in [-0.3, -0.25) is 4.79 Å². The zero-order chi connectivity index (χ0) is 15.4. The molecule has 1 unspecified atom stereocenters. The Morgan fingerprint density at radius 2 is 2.24 bits per heavy atom. The van der Waals surface area contributed by atoms with Gasteiger partial charge >= 0.3 is 5.97 Å². The molecule has 1 fully saturated rings. The highest BCUT2D eigenvalue weighted by atomic mass is 16.5. The highest BCUT2D eigenvalue weighted by Gasteiger charge is 2.30. The minimum absolute atomic E-state index is 0.155. The van der Waals surface area contributed by atoms with Crippen molar-refractivity contribution < 1.29 is 19.1 Å². The van der Waals surface area contributed by atoms with Crippen LogP contribution in [0.1, 0.15) is 10.4 Å². The first-order valence-corrected chi connectivity index (χ1v) is 6.62. The Balaban J connectivity index is 2.37. The van der Waals surface area contributed by atoms with E-state index in [2.05, 4.69) is 5.32 Å². The van der Waals surface area contributed by atoms with Crippen LogP contribution >= 0.6 is 0 Å². The monoisotopic (exact) mass is 293 g/mol. The van der Waals surface area contributed by atoms with Crippen LogP contribution in [0.2, 0.25) is 0 Å². The van der Waals surface area contributed by atoms with Gasteiger partial charge in [-0.25, -0.2) is 4.79 Å². The lowest BCUT2D eigenvalue weighted by molar-refractivity contribution is -0.124. The van der Waals surface area contributed by atoms with E-state index in [1.54, 1.807) is 25.2 Å². The lowest BCUT2D eigenvalue weighted by Gasteiger charge is -2.36. The highest BCUT2D eigenvalue weighted by Crippen LogP contribution is 2.28. The zero-order valence-electron chi connectivity index (χ0n) is 12.1. The quantitative estimate of drug-likeness (QED) is 0.602. The molecule has 3 N–H and O–H groups in total. The Morgan fingerprint density at radius 3 is 2.90 bits per heavy atom.